The molecule has 0 aromatic heterocycles. The molecule has 0 unspecified atom stereocenters. The number of hydrogen-bond donors (Lipinski definition) is 0. The molecule has 0 nitrogen and oxygen atoms in total. The first kappa shape index (κ1) is 11.0. The molecule has 0 spiro atoms. The van der Waals surface area contributed by atoms with E-state index in [1.165, 1.54) is 0 Å². The Kier molecular flexibility index (Phi) is 2.05. The molecule has 0 atom stereocenters. The monoisotopic (exact) mass is 242 g/mol. The Balaban J connectivity index is 2.90. The van der Waals surface area contributed by atoms with Crippen LogP contribution in [0.2, 0.25) is 0 Å². The third-order valence-electron chi connectivity index (χ3n) is 2.17. The molecular formula is C9HF7. The van der Waals surface area contributed by atoms with Crippen molar-refractivity contribution in [1.29, 1.82) is 0 Å². The van der Waals surface area contributed by atoms with Gasteiger partial charge in [-0.25, -0.2) is 22.0 Å². The van der Waals surface area contributed by atoms with Crippen molar-refractivity contribution in [3.63, 3.8) is 0 Å². The van der Waals surface area contributed by atoms with Gasteiger partial charge >= 0.3 is 5.92 Å². The van der Waals surface area contributed by atoms with Crippen LogP contribution >= 0.6 is 0 Å². The highest BCUT2D eigenvalue weighted by molar-refractivity contribution is 5.73. The van der Waals surface area contributed by atoms with Crippen molar-refractivity contribution < 1.29 is 30.7 Å². The number of rotatable bonds is 0. The van der Waals surface area contributed by atoms with Crippen LogP contribution in [0.15, 0.2) is 11.9 Å². The van der Waals surface area contributed by atoms with Gasteiger partial charge in [-0.2, -0.15) is 8.78 Å². The van der Waals surface area contributed by atoms with E-state index in [0.717, 1.165) is 0 Å². The van der Waals surface area contributed by atoms with Gasteiger partial charge in [0.2, 0.25) is 5.83 Å². The lowest BCUT2D eigenvalue weighted by Gasteiger charge is -2.11. The van der Waals surface area contributed by atoms with Crippen molar-refractivity contribution in [3.8, 4) is 0 Å². The number of halogens is 7. The molecule has 0 N–H and O–H groups in total. The fraction of sp³-hybridized carbons (Fsp3) is 0.111. The maximum absolute atomic E-state index is 13.0. The van der Waals surface area contributed by atoms with Crippen molar-refractivity contribution in [2.24, 2.45) is 0 Å². The Morgan fingerprint density at radius 3 is 2.00 bits per heavy atom. The molecule has 0 radical (unpaired) electrons. The highest BCUT2D eigenvalue weighted by atomic mass is 19.3. The second-order valence-electron chi connectivity index (χ2n) is 3.11. The SMILES string of the molecule is FC1=C(F)C(F)(F)c2c(F)c(F)cc(F)c21. The van der Waals surface area contributed by atoms with Gasteiger partial charge in [0.05, 0.1) is 11.1 Å². The Hall–Kier alpha value is -1.53. The summed E-state index contributed by atoms with van der Waals surface area (Å²) in [5, 5.41) is 0. The van der Waals surface area contributed by atoms with E-state index in [0.29, 0.717) is 0 Å². The summed E-state index contributed by atoms with van der Waals surface area (Å²) in [6.45, 7) is 0. The second kappa shape index (κ2) is 2.99. The molecule has 0 amide bonds. The quantitative estimate of drug-likeness (QED) is 0.479. The molecule has 16 heavy (non-hydrogen) atoms. The van der Waals surface area contributed by atoms with Gasteiger partial charge in [0, 0.05) is 6.07 Å². The van der Waals surface area contributed by atoms with Gasteiger partial charge in [-0.15, -0.1) is 0 Å². The summed E-state index contributed by atoms with van der Waals surface area (Å²) in [6, 6.07) is -0.123. The average molecular weight is 242 g/mol. The highest BCUT2D eigenvalue weighted by Gasteiger charge is 2.52. The first-order valence-corrected chi connectivity index (χ1v) is 3.90. The molecule has 0 saturated carbocycles. The van der Waals surface area contributed by atoms with Crippen LogP contribution < -0.4 is 0 Å². The summed E-state index contributed by atoms with van der Waals surface area (Å²) in [5.41, 5.74) is -3.51. The molecule has 86 valence electrons. The molecule has 1 aromatic carbocycles. The summed E-state index contributed by atoms with van der Waals surface area (Å²) in [7, 11) is 0. The Labute approximate surface area is 84.0 Å². The van der Waals surface area contributed by atoms with E-state index in [4.69, 9.17) is 0 Å². The smallest absolute Gasteiger partial charge is 0.206 e. The van der Waals surface area contributed by atoms with Crippen LogP contribution in [0.3, 0.4) is 0 Å². The van der Waals surface area contributed by atoms with Crippen LogP contribution in [-0.2, 0) is 5.92 Å². The number of fused-ring (bicyclic) bond motifs is 1. The summed E-state index contributed by atoms with van der Waals surface area (Å²) in [4.78, 5) is 0. The number of hydrogen-bond acceptors (Lipinski definition) is 0. The van der Waals surface area contributed by atoms with Crippen LogP contribution in [0.5, 0.6) is 0 Å². The van der Waals surface area contributed by atoms with E-state index in [1.807, 2.05) is 0 Å². The zero-order valence-corrected chi connectivity index (χ0v) is 7.22. The minimum absolute atomic E-state index is 0.123. The molecule has 7 heteroatoms. The number of alkyl halides is 2. The maximum atomic E-state index is 13.0. The van der Waals surface area contributed by atoms with Gasteiger partial charge in [-0.05, 0) is 0 Å². The van der Waals surface area contributed by atoms with Gasteiger partial charge in [0.1, 0.15) is 5.82 Å². The third-order valence-corrected chi connectivity index (χ3v) is 2.17. The van der Waals surface area contributed by atoms with Crippen molar-refractivity contribution in [2.75, 3.05) is 0 Å². The molecule has 0 bridgehead atoms. The predicted octanol–water partition coefficient (Wildman–Crippen LogP) is 3.82. The Morgan fingerprint density at radius 2 is 1.44 bits per heavy atom. The van der Waals surface area contributed by atoms with Crippen molar-refractivity contribution in [3.05, 3.63) is 40.5 Å². The predicted molar refractivity (Wildman–Crippen MR) is 39.3 cm³/mol. The zero-order valence-electron chi connectivity index (χ0n) is 7.22. The first-order chi connectivity index (χ1) is 7.28. The van der Waals surface area contributed by atoms with Gasteiger partial charge < -0.3 is 0 Å². The Bertz CT molecular complexity index is 515. The van der Waals surface area contributed by atoms with Gasteiger partial charge in [-0.3, -0.25) is 0 Å². The van der Waals surface area contributed by atoms with E-state index < -0.39 is 46.2 Å². The molecule has 0 heterocycles. The van der Waals surface area contributed by atoms with Crippen molar-refractivity contribution in [2.45, 2.75) is 5.92 Å². The van der Waals surface area contributed by atoms with Gasteiger partial charge in [-0.1, -0.05) is 0 Å². The minimum atomic E-state index is -4.69. The van der Waals surface area contributed by atoms with Crippen molar-refractivity contribution >= 4 is 5.83 Å². The third kappa shape index (κ3) is 1.11. The topological polar surface area (TPSA) is 0 Å². The summed E-state index contributed by atoms with van der Waals surface area (Å²) in [5.74, 6) is -15.4. The van der Waals surface area contributed by atoms with Crippen molar-refractivity contribution in [1.82, 2.24) is 0 Å². The largest absolute Gasteiger partial charge is 0.330 e. The van der Waals surface area contributed by atoms with Crippen LogP contribution in [-0.4, -0.2) is 0 Å². The summed E-state index contributed by atoms with van der Waals surface area (Å²) < 4.78 is 89.9. The highest BCUT2D eigenvalue weighted by Crippen LogP contribution is 2.51. The molecule has 1 aliphatic rings. The standard InChI is InChI=1S/C9HF7/c10-2-1-3(11)6(12)5-4(2)7(13)8(14)9(5,15)16/h1H. The normalized spacial score (nSPS) is 17.9. The molecule has 0 saturated heterocycles. The number of benzene rings is 1. The lowest BCUT2D eigenvalue weighted by molar-refractivity contribution is 0.0138. The maximum Gasteiger partial charge on any atom is 0.330 e. The molecule has 0 aliphatic heterocycles. The number of allylic oxidation sites excluding steroid dienone is 1. The zero-order chi connectivity index (χ0) is 12.2. The molecule has 0 fully saturated rings. The molecule has 1 aromatic rings. The van der Waals surface area contributed by atoms with Crippen LogP contribution in [0, 0.1) is 17.5 Å². The average Bonchev–Trinajstić information content (AvgIpc) is 2.36. The van der Waals surface area contributed by atoms with Crippen LogP contribution in [0.4, 0.5) is 30.7 Å². The second-order valence-corrected chi connectivity index (χ2v) is 3.11. The summed E-state index contributed by atoms with van der Waals surface area (Å²) in [6.07, 6.45) is 0. The molecule has 2 rings (SSSR count). The van der Waals surface area contributed by atoms with E-state index in [9.17, 15) is 30.7 Å². The van der Waals surface area contributed by atoms with Crippen LogP contribution in [0.1, 0.15) is 11.1 Å². The van der Waals surface area contributed by atoms with Gasteiger partial charge in [0.15, 0.2) is 17.5 Å². The molecule has 1 aliphatic carbocycles. The fourth-order valence-corrected chi connectivity index (χ4v) is 1.46. The minimum Gasteiger partial charge on any atom is -0.206 e. The Morgan fingerprint density at radius 1 is 0.875 bits per heavy atom. The van der Waals surface area contributed by atoms with Gasteiger partial charge in [0.25, 0.3) is 0 Å². The van der Waals surface area contributed by atoms with Crippen LogP contribution in [0.25, 0.3) is 5.83 Å². The van der Waals surface area contributed by atoms with E-state index in [2.05, 4.69) is 0 Å². The fourth-order valence-electron chi connectivity index (χ4n) is 1.46. The van der Waals surface area contributed by atoms with E-state index in [1.54, 1.807) is 0 Å². The summed E-state index contributed by atoms with van der Waals surface area (Å²) >= 11 is 0. The molecular weight excluding hydrogens is 241 g/mol. The van der Waals surface area contributed by atoms with E-state index >= 15 is 0 Å². The lowest BCUT2D eigenvalue weighted by atomic mass is 10.1. The van der Waals surface area contributed by atoms with E-state index in [-0.39, 0.29) is 6.07 Å². The lowest BCUT2D eigenvalue weighted by Crippen LogP contribution is -2.15. The first-order valence-electron chi connectivity index (χ1n) is 3.90.